The normalized spacial score (nSPS) is 27.3. The molecular formula is C18H26N2O2. The van der Waals surface area contributed by atoms with E-state index in [1.54, 1.807) is 4.90 Å². The zero-order valence-electron chi connectivity index (χ0n) is 13.3. The van der Waals surface area contributed by atoms with Gasteiger partial charge in [0.15, 0.2) is 0 Å². The molecule has 0 radical (unpaired) electrons. The summed E-state index contributed by atoms with van der Waals surface area (Å²) in [5, 5.41) is 13.2. The van der Waals surface area contributed by atoms with Gasteiger partial charge in [0.1, 0.15) is 0 Å². The Hall–Kier alpha value is -1.55. The first-order valence-electron chi connectivity index (χ1n) is 8.42. The van der Waals surface area contributed by atoms with Crippen molar-refractivity contribution in [1.82, 2.24) is 10.2 Å². The molecule has 0 heterocycles. The Morgan fingerprint density at radius 1 is 1.27 bits per heavy atom. The van der Waals surface area contributed by atoms with Crippen molar-refractivity contribution in [3.05, 3.63) is 35.4 Å². The van der Waals surface area contributed by atoms with Crippen molar-refractivity contribution < 1.29 is 9.90 Å². The molecule has 3 rings (SSSR count). The fourth-order valence-electron chi connectivity index (χ4n) is 3.80. The van der Waals surface area contributed by atoms with Crippen LogP contribution in [-0.2, 0) is 6.42 Å². The van der Waals surface area contributed by atoms with E-state index in [1.165, 1.54) is 11.1 Å². The van der Waals surface area contributed by atoms with Crippen LogP contribution in [-0.4, -0.2) is 35.7 Å². The number of carbonyl (C=O) groups is 1. The number of aliphatic hydroxyl groups excluding tert-OH is 1. The minimum Gasteiger partial charge on any atom is -0.393 e. The van der Waals surface area contributed by atoms with Crippen molar-refractivity contribution in [3.63, 3.8) is 0 Å². The number of carbonyl (C=O) groups excluding carboxylic acids is 1. The number of fused-ring (bicyclic) bond motifs is 1. The van der Waals surface area contributed by atoms with Crippen molar-refractivity contribution in [1.29, 1.82) is 0 Å². The van der Waals surface area contributed by atoms with Gasteiger partial charge in [-0.2, -0.15) is 0 Å². The molecule has 3 atom stereocenters. The summed E-state index contributed by atoms with van der Waals surface area (Å²) >= 11 is 0. The average Bonchev–Trinajstić information content (AvgIpc) is 2.93. The number of benzene rings is 1. The second kappa shape index (κ2) is 6.69. The number of aliphatic hydroxyl groups is 1. The molecule has 1 aromatic carbocycles. The zero-order valence-corrected chi connectivity index (χ0v) is 13.3. The van der Waals surface area contributed by atoms with Crippen LogP contribution in [0.5, 0.6) is 0 Å². The van der Waals surface area contributed by atoms with E-state index in [2.05, 4.69) is 23.5 Å². The molecule has 2 aliphatic carbocycles. The predicted molar refractivity (Wildman–Crippen MR) is 86.6 cm³/mol. The molecule has 2 N–H and O–H groups in total. The van der Waals surface area contributed by atoms with Crippen molar-refractivity contribution in [2.75, 3.05) is 13.6 Å². The SMILES string of the molecule is CN(C[C@@H]1CCCC[C@@H]1O)C(=O)N[C@@H]1CCc2ccccc21. The summed E-state index contributed by atoms with van der Waals surface area (Å²) in [6.45, 7) is 0.640. The first-order chi connectivity index (χ1) is 10.6. The Labute approximate surface area is 132 Å². The van der Waals surface area contributed by atoms with Crippen LogP contribution in [0.2, 0.25) is 0 Å². The summed E-state index contributed by atoms with van der Waals surface area (Å²) in [6, 6.07) is 8.44. The maximum atomic E-state index is 12.4. The molecule has 0 bridgehead atoms. The van der Waals surface area contributed by atoms with Crippen LogP contribution >= 0.6 is 0 Å². The lowest BCUT2D eigenvalue weighted by Crippen LogP contribution is -2.43. The molecule has 1 aromatic rings. The van der Waals surface area contributed by atoms with Crippen LogP contribution in [0.15, 0.2) is 24.3 Å². The highest BCUT2D eigenvalue weighted by Crippen LogP contribution is 2.31. The fourth-order valence-corrected chi connectivity index (χ4v) is 3.80. The van der Waals surface area contributed by atoms with Gasteiger partial charge in [-0.3, -0.25) is 0 Å². The maximum Gasteiger partial charge on any atom is 0.317 e. The first kappa shape index (κ1) is 15.3. The van der Waals surface area contributed by atoms with Crippen molar-refractivity contribution >= 4 is 6.03 Å². The van der Waals surface area contributed by atoms with Crippen molar-refractivity contribution in [2.24, 2.45) is 5.92 Å². The predicted octanol–water partition coefficient (Wildman–Crippen LogP) is 2.87. The van der Waals surface area contributed by atoms with Gasteiger partial charge in [0.05, 0.1) is 12.1 Å². The molecule has 1 fully saturated rings. The molecule has 2 amide bonds. The van der Waals surface area contributed by atoms with Gasteiger partial charge in [-0.1, -0.05) is 37.1 Å². The highest BCUT2D eigenvalue weighted by atomic mass is 16.3. The molecule has 4 heteroatoms. The number of urea groups is 1. The molecule has 1 saturated carbocycles. The smallest absolute Gasteiger partial charge is 0.317 e. The molecule has 2 aliphatic rings. The highest BCUT2D eigenvalue weighted by molar-refractivity contribution is 5.74. The first-order valence-corrected chi connectivity index (χ1v) is 8.42. The van der Waals surface area contributed by atoms with Gasteiger partial charge in [-0.05, 0) is 36.8 Å². The van der Waals surface area contributed by atoms with Crippen LogP contribution in [0.1, 0.15) is 49.3 Å². The monoisotopic (exact) mass is 302 g/mol. The molecule has 0 unspecified atom stereocenters. The minimum atomic E-state index is -0.254. The van der Waals surface area contributed by atoms with E-state index in [1.807, 2.05) is 13.1 Å². The van der Waals surface area contributed by atoms with E-state index in [4.69, 9.17) is 0 Å². The van der Waals surface area contributed by atoms with Gasteiger partial charge in [0, 0.05) is 19.5 Å². The van der Waals surface area contributed by atoms with E-state index in [0.717, 1.165) is 38.5 Å². The Bertz CT molecular complexity index is 532. The lowest BCUT2D eigenvalue weighted by molar-refractivity contribution is 0.0563. The number of nitrogens with one attached hydrogen (secondary N) is 1. The number of rotatable bonds is 3. The third kappa shape index (κ3) is 3.27. The lowest BCUT2D eigenvalue weighted by atomic mass is 9.86. The molecule has 0 spiro atoms. The summed E-state index contributed by atoms with van der Waals surface area (Å²) in [7, 11) is 1.83. The molecule has 0 aliphatic heterocycles. The summed E-state index contributed by atoms with van der Waals surface area (Å²) in [4.78, 5) is 14.2. The molecule has 22 heavy (non-hydrogen) atoms. The number of aryl methyl sites for hydroxylation is 1. The minimum absolute atomic E-state index is 0.0283. The number of nitrogens with zero attached hydrogens (tertiary/aromatic N) is 1. The van der Waals surface area contributed by atoms with Crippen LogP contribution in [0.4, 0.5) is 4.79 Å². The van der Waals surface area contributed by atoms with E-state index in [9.17, 15) is 9.90 Å². The third-order valence-corrected chi connectivity index (χ3v) is 5.15. The Morgan fingerprint density at radius 3 is 2.86 bits per heavy atom. The van der Waals surface area contributed by atoms with Gasteiger partial charge in [0.25, 0.3) is 0 Å². The largest absolute Gasteiger partial charge is 0.393 e. The fraction of sp³-hybridized carbons (Fsp3) is 0.611. The van der Waals surface area contributed by atoms with Crippen LogP contribution < -0.4 is 5.32 Å². The van der Waals surface area contributed by atoms with Gasteiger partial charge in [-0.15, -0.1) is 0 Å². The van der Waals surface area contributed by atoms with E-state index < -0.39 is 0 Å². The van der Waals surface area contributed by atoms with E-state index in [-0.39, 0.29) is 24.1 Å². The Kier molecular flexibility index (Phi) is 4.67. The van der Waals surface area contributed by atoms with Gasteiger partial charge >= 0.3 is 6.03 Å². The Morgan fingerprint density at radius 2 is 2.05 bits per heavy atom. The van der Waals surface area contributed by atoms with Gasteiger partial charge in [0.2, 0.25) is 0 Å². The standard InChI is InChI=1S/C18H26N2O2/c1-20(12-14-7-3-5-9-17(14)21)18(22)19-16-11-10-13-6-2-4-8-15(13)16/h2,4,6,8,14,16-17,21H,3,5,7,9-12H2,1H3,(H,19,22)/t14-,16+,17-/m0/s1. The number of amides is 2. The Balaban J connectivity index is 1.56. The highest BCUT2D eigenvalue weighted by Gasteiger charge is 2.28. The third-order valence-electron chi connectivity index (χ3n) is 5.15. The molecule has 4 nitrogen and oxygen atoms in total. The van der Waals surface area contributed by atoms with Crippen molar-refractivity contribution in [3.8, 4) is 0 Å². The summed E-state index contributed by atoms with van der Waals surface area (Å²) < 4.78 is 0. The van der Waals surface area contributed by atoms with Crippen LogP contribution in [0.25, 0.3) is 0 Å². The van der Waals surface area contributed by atoms with Gasteiger partial charge in [-0.25, -0.2) is 4.79 Å². The van der Waals surface area contributed by atoms with Gasteiger partial charge < -0.3 is 15.3 Å². The lowest BCUT2D eigenvalue weighted by Gasteiger charge is -2.31. The maximum absolute atomic E-state index is 12.4. The average molecular weight is 302 g/mol. The number of hydrogen-bond acceptors (Lipinski definition) is 2. The quantitative estimate of drug-likeness (QED) is 0.902. The zero-order chi connectivity index (χ0) is 15.5. The summed E-state index contributed by atoms with van der Waals surface area (Å²) in [5.41, 5.74) is 2.60. The van der Waals surface area contributed by atoms with E-state index >= 15 is 0 Å². The summed E-state index contributed by atoms with van der Waals surface area (Å²) in [6.07, 6.45) is 5.91. The van der Waals surface area contributed by atoms with Crippen LogP contribution in [0.3, 0.4) is 0 Å². The molecule has 0 saturated heterocycles. The van der Waals surface area contributed by atoms with Crippen molar-refractivity contribution in [2.45, 2.75) is 50.7 Å². The molecule has 0 aromatic heterocycles. The molecular weight excluding hydrogens is 276 g/mol. The second-order valence-corrected chi connectivity index (χ2v) is 6.73. The second-order valence-electron chi connectivity index (χ2n) is 6.73. The topological polar surface area (TPSA) is 52.6 Å². The number of hydrogen-bond donors (Lipinski definition) is 2. The summed E-state index contributed by atoms with van der Waals surface area (Å²) in [5.74, 6) is 0.223. The van der Waals surface area contributed by atoms with Crippen LogP contribution in [0, 0.1) is 5.92 Å². The molecule has 120 valence electrons. The van der Waals surface area contributed by atoms with E-state index in [0.29, 0.717) is 6.54 Å².